The lowest BCUT2D eigenvalue weighted by molar-refractivity contribution is -0.139. The predicted octanol–water partition coefficient (Wildman–Crippen LogP) is 3.60. The van der Waals surface area contributed by atoms with Gasteiger partial charge in [0.05, 0.1) is 12.2 Å². The Balaban J connectivity index is 3.01. The SMILES string of the molecule is CC#CCCOc1ccc(/C=C/C(=O)O)cc1C(F)(F)F. The lowest BCUT2D eigenvalue weighted by Gasteiger charge is -2.14. The number of halogens is 3. The number of aliphatic carboxylic acids is 1. The second-order valence-electron chi connectivity index (χ2n) is 3.95. The molecule has 1 aromatic carbocycles. The quantitative estimate of drug-likeness (QED) is 0.513. The van der Waals surface area contributed by atoms with Crippen LogP contribution in [-0.2, 0) is 11.0 Å². The second-order valence-corrected chi connectivity index (χ2v) is 3.95. The van der Waals surface area contributed by atoms with Crippen LogP contribution in [0.1, 0.15) is 24.5 Å². The molecule has 3 nitrogen and oxygen atoms in total. The summed E-state index contributed by atoms with van der Waals surface area (Å²) >= 11 is 0. The van der Waals surface area contributed by atoms with Crippen molar-refractivity contribution in [1.29, 1.82) is 0 Å². The molecule has 0 amide bonds. The Kier molecular flexibility index (Phi) is 5.85. The number of carbonyl (C=O) groups is 1. The average molecular weight is 298 g/mol. The van der Waals surface area contributed by atoms with E-state index in [9.17, 15) is 18.0 Å². The second kappa shape index (κ2) is 7.39. The number of hydrogen-bond acceptors (Lipinski definition) is 2. The van der Waals surface area contributed by atoms with E-state index in [1.54, 1.807) is 6.92 Å². The summed E-state index contributed by atoms with van der Waals surface area (Å²) in [6, 6.07) is 3.37. The van der Waals surface area contributed by atoms with Crippen LogP contribution in [0, 0.1) is 11.8 Å². The fourth-order valence-electron chi connectivity index (χ4n) is 1.50. The monoisotopic (exact) mass is 298 g/mol. The molecule has 112 valence electrons. The zero-order valence-electron chi connectivity index (χ0n) is 11.2. The van der Waals surface area contributed by atoms with E-state index in [0.717, 1.165) is 18.2 Å². The van der Waals surface area contributed by atoms with Crippen molar-refractivity contribution in [3.8, 4) is 17.6 Å². The summed E-state index contributed by atoms with van der Waals surface area (Å²) in [6.45, 7) is 1.68. The summed E-state index contributed by atoms with van der Waals surface area (Å²) in [5, 5.41) is 8.48. The highest BCUT2D eigenvalue weighted by atomic mass is 19.4. The van der Waals surface area contributed by atoms with Crippen LogP contribution in [0.5, 0.6) is 5.75 Å². The van der Waals surface area contributed by atoms with Crippen molar-refractivity contribution in [3.63, 3.8) is 0 Å². The Bertz CT molecular complexity index is 592. The fourth-order valence-corrected chi connectivity index (χ4v) is 1.50. The van der Waals surface area contributed by atoms with Crippen molar-refractivity contribution in [3.05, 3.63) is 35.4 Å². The minimum atomic E-state index is -4.58. The number of rotatable bonds is 5. The van der Waals surface area contributed by atoms with Crippen LogP contribution in [-0.4, -0.2) is 17.7 Å². The third-order valence-corrected chi connectivity index (χ3v) is 2.39. The van der Waals surface area contributed by atoms with Gasteiger partial charge in [0.25, 0.3) is 0 Å². The van der Waals surface area contributed by atoms with Gasteiger partial charge in [-0.25, -0.2) is 4.79 Å². The summed E-state index contributed by atoms with van der Waals surface area (Å²) in [5.74, 6) is 3.77. The van der Waals surface area contributed by atoms with E-state index in [0.29, 0.717) is 6.42 Å². The number of hydrogen-bond donors (Lipinski definition) is 1. The molecule has 6 heteroatoms. The molecule has 0 spiro atoms. The highest BCUT2D eigenvalue weighted by molar-refractivity contribution is 5.85. The Morgan fingerprint density at radius 3 is 2.71 bits per heavy atom. The highest BCUT2D eigenvalue weighted by Crippen LogP contribution is 2.37. The van der Waals surface area contributed by atoms with Crippen LogP contribution >= 0.6 is 0 Å². The van der Waals surface area contributed by atoms with Crippen LogP contribution in [0.4, 0.5) is 13.2 Å². The molecule has 0 atom stereocenters. The summed E-state index contributed by atoms with van der Waals surface area (Å²) in [7, 11) is 0. The summed E-state index contributed by atoms with van der Waals surface area (Å²) in [6.07, 6.45) is -2.40. The Hall–Kier alpha value is -2.42. The largest absolute Gasteiger partial charge is 0.492 e. The first-order chi connectivity index (χ1) is 9.84. The number of alkyl halides is 3. The Labute approximate surface area is 120 Å². The molecular weight excluding hydrogens is 285 g/mol. The molecule has 21 heavy (non-hydrogen) atoms. The van der Waals surface area contributed by atoms with Crippen LogP contribution < -0.4 is 4.74 Å². The molecule has 1 rings (SSSR count). The normalized spacial score (nSPS) is 11.0. The first-order valence-corrected chi connectivity index (χ1v) is 5.99. The number of benzene rings is 1. The number of carboxylic acids is 1. The first-order valence-electron chi connectivity index (χ1n) is 5.99. The van der Waals surface area contributed by atoms with E-state index in [1.807, 2.05) is 0 Å². The van der Waals surface area contributed by atoms with Crippen LogP contribution in [0.25, 0.3) is 6.08 Å². The van der Waals surface area contributed by atoms with Gasteiger partial charge < -0.3 is 9.84 Å². The van der Waals surface area contributed by atoms with Gasteiger partial charge in [-0.1, -0.05) is 6.07 Å². The van der Waals surface area contributed by atoms with Crippen molar-refractivity contribution < 1.29 is 27.8 Å². The molecule has 0 heterocycles. The van der Waals surface area contributed by atoms with Crippen molar-refractivity contribution in [2.45, 2.75) is 19.5 Å². The zero-order valence-corrected chi connectivity index (χ0v) is 11.2. The van der Waals surface area contributed by atoms with E-state index >= 15 is 0 Å². The smallest absolute Gasteiger partial charge is 0.419 e. The number of ether oxygens (including phenoxy) is 1. The van der Waals surface area contributed by atoms with Crippen molar-refractivity contribution in [2.75, 3.05) is 6.61 Å². The van der Waals surface area contributed by atoms with Gasteiger partial charge in [-0.3, -0.25) is 0 Å². The van der Waals surface area contributed by atoms with Crippen molar-refractivity contribution in [2.24, 2.45) is 0 Å². The molecule has 1 aromatic rings. The number of carboxylic acid groups (broad SMARTS) is 1. The first kappa shape index (κ1) is 16.6. The van der Waals surface area contributed by atoms with E-state index in [2.05, 4.69) is 11.8 Å². The third-order valence-electron chi connectivity index (χ3n) is 2.39. The lowest BCUT2D eigenvalue weighted by atomic mass is 10.1. The standard InChI is InChI=1S/C15H13F3O3/c1-2-3-4-9-21-13-7-5-11(6-8-14(19)20)10-12(13)15(16,17)18/h5-8,10H,4,9H2,1H3,(H,19,20)/b8-6+. The predicted molar refractivity (Wildman–Crippen MR) is 71.7 cm³/mol. The Morgan fingerprint density at radius 1 is 1.43 bits per heavy atom. The van der Waals surface area contributed by atoms with Gasteiger partial charge in [0.1, 0.15) is 5.75 Å². The highest BCUT2D eigenvalue weighted by Gasteiger charge is 2.34. The van der Waals surface area contributed by atoms with E-state index < -0.39 is 17.7 Å². The van der Waals surface area contributed by atoms with Gasteiger partial charge in [0, 0.05) is 12.5 Å². The molecule has 0 aliphatic carbocycles. The topological polar surface area (TPSA) is 46.5 Å². The molecule has 0 aliphatic rings. The molecule has 1 N–H and O–H groups in total. The molecule has 0 aliphatic heterocycles. The molecule has 0 bridgehead atoms. The summed E-state index contributed by atoms with van der Waals surface area (Å²) in [4.78, 5) is 10.4. The fraction of sp³-hybridized carbons (Fsp3) is 0.267. The van der Waals surface area contributed by atoms with Gasteiger partial charge in [-0.05, 0) is 30.7 Å². The van der Waals surface area contributed by atoms with Crippen LogP contribution in [0.2, 0.25) is 0 Å². The molecule has 0 radical (unpaired) electrons. The summed E-state index contributed by atoms with van der Waals surface area (Å²) < 4.78 is 43.9. The van der Waals surface area contributed by atoms with Gasteiger partial charge in [-0.2, -0.15) is 13.2 Å². The van der Waals surface area contributed by atoms with Gasteiger partial charge in [0.2, 0.25) is 0 Å². The molecule has 0 saturated heterocycles. The minimum Gasteiger partial charge on any atom is -0.492 e. The Morgan fingerprint density at radius 2 is 2.14 bits per heavy atom. The maximum Gasteiger partial charge on any atom is 0.419 e. The molecule has 0 aromatic heterocycles. The zero-order chi connectivity index (χ0) is 15.9. The molecule has 0 saturated carbocycles. The maximum atomic E-state index is 13.0. The van der Waals surface area contributed by atoms with Crippen molar-refractivity contribution in [1.82, 2.24) is 0 Å². The minimum absolute atomic E-state index is 0.0498. The van der Waals surface area contributed by atoms with Crippen LogP contribution in [0.3, 0.4) is 0 Å². The maximum absolute atomic E-state index is 13.0. The summed E-state index contributed by atoms with van der Waals surface area (Å²) in [5.41, 5.74) is -0.815. The van der Waals surface area contributed by atoms with Gasteiger partial charge in [0.15, 0.2) is 0 Å². The molecule has 0 unspecified atom stereocenters. The van der Waals surface area contributed by atoms with Crippen LogP contribution in [0.15, 0.2) is 24.3 Å². The molecule has 0 fully saturated rings. The third kappa shape index (κ3) is 5.61. The van der Waals surface area contributed by atoms with Gasteiger partial charge in [-0.15, -0.1) is 11.8 Å². The van der Waals surface area contributed by atoms with E-state index in [-0.39, 0.29) is 17.9 Å². The van der Waals surface area contributed by atoms with Crippen molar-refractivity contribution >= 4 is 12.0 Å². The van der Waals surface area contributed by atoms with E-state index in [1.165, 1.54) is 12.1 Å². The van der Waals surface area contributed by atoms with E-state index in [4.69, 9.17) is 9.84 Å². The van der Waals surface area contributed by atoms with Gasteiger partial charge >= 0.3 is 12.1 Å². The average Bonchev–Trinajstić information content (AvgIpc) is 2.41. The molecular formula is C15H13F3O3. The lowest BCUT2D eigenvalue weighted by Crippen LogP contribution is -2.09.